The minimum Gasteiger partial charge on any atom is -0.398 e. The topological polar surface area (TPSA) is 67.6 Å². The highest BCUT2D eigenvalue weighted by Crippen LogP contribution is 2.20. The van der Waals surface area contributed by atoms with Gasteiger partial charge in [-0.1, -0.05) is 13.0 Å². The van der Waals surface area contributed by atoms with Gasteiger partial charge in [-0.05, 0) is 31.0 Å². The van der Waals surface area contributed by atoms with Gasteiger partial charge < -0.3 is 15.8 Å². The molecular formula is C16H25N3O2. The first kappa shape index (κ1) is 15.8. The number of carbonyl (C=O) groups is 1. The fourth-order valence-electron chi connectivity index (χ4n) is 2.61. The third-order valence-corrected chi connectivity index (χ3v) is 4.10. The Labute approximate surface area is 126 Å². The van der Waals surface area contributed by atoms with E-state index in [0.717, 1.165) is 44.0 Å². The first-order chi connectivity index (χ1) is 10.1. The van der Waals surface area contributed by atoms with Crippen molar-refractivity contribution in [3.63, 3.8) is 0 Å². The van der Waals surface area contributed by atoms with Crippen LogP contribution >= 0.6 is 0 Å². The van der Waals surface area contributed by atoms with Crippen LogP contribution in [0.3, 0.4) is 0 Å². The average molecular weight is 291 g/mol. The second kappa shape index (κ2) is 7.43. The molecule has 1 aromatic carbocycles. The van der Waals surface area contributed by atoms with Crippen LogP contribution in [-0.4, -0.2) is 43.2 Å². The van der Waals surface area contributed by atoms with Gasteiger partial charge in [0, 0.05) is 36.9 Å². The van der Waals surface area contributed by atoms with Crippen LogP contribution in [0.5, 0.6) is 0 Å². The lowest BCUT2D eigenvalue weighted by molar-refractivity contribution is -0.117. The summed E-state index contributed by atoms with van der Waals surface area (Å²) in [5, 5.41) is 2.95. The summed E-state index contributed by atoms with van der Waals surface area (Å²) in [5.74, 6) is 0.0324. The summed E-state index contributed by atoms with van der Waals surface area (Å²) in [5.41, 5.74) is 8.27. The molecule has 3 N–H and O–H groups in total. The molecule has 1 saturated heterocycles. The number of amides is 1. The molecule has 21 heavy (non-hydrogen) atoms. The summed E-state index contributed by atoms with van der Waals surface area (Å²) in [4.78, 5) is 14.4. The normalized spacial score (nSPS) is 19.4. The van der Waals surface area contributed by atoms with Crippen LogP contribution in [-0.2, 0) is 9.53 Å². The van der Waals surface area contributed by atoms with E-state index < -0.39 is 0 Å². The number of hydrogen-bond donors (Lipinski definition) is 2. The molecule has 1 heterocycles. The second-order valence-corrected chi connectivity index (χ2v) is 5.49. The summed E-state index contributed by atoms with van der Waals surface area (Å²) in [6.07, 6.45) is 1.54. The third kappa shape index (κ3) is 4.19. The van der Waals surface area contributed by atoms with Crippen LogP contribution in [0.15, 0.2) is 18.2 Å². The van der Waals surface area contributed by atoms with Crippen LogP contribution in [0, 0.1) is 6.92 Å². The average Bonchev–Trinajstić information content (AvgIpc) is 2.50. The monoisotopic (exact) mass is 291 g/mol. The zero-order valence-corrected chi connectivity index (χ0v) is 12.9. The lowest BCUT2D eigenvalue weighted by Gasteiger charge is -2.34. The molecule has 0 radical (unpaired) electrons. The zero-order chi connectivity index (χ0) is 15.2. The van der Waals surface area contributed by atoms with Gasteiger partial charge in [-0.15, -0.1) is 0 Å². The maximum atomic E-state index is 12.1. The molecule has 0 saturated carbocycles. The molecule has 2 rings (SSSR count). The van der Waals surface area contributed by atoms with Gasteiger partial charge in [0.15, 0.2) is 0 Å². The van der Waals surface area contributed by atoms with Crippen LogP contribution in [0.4, 0.5) is 11.4 Å². The van der Waals surface area contributed by atoms with Crippen molar-refractivity contribution in [2.24, 2.45) is 0 Å². The Morgan fingerprint density at radius 2 is 2.33 bits per heavy atom. The maximum Gasteiger partial charge on any atom is 0.225 e. The molecule has 1 fully saturated rings. The van der Waals surface area contributed by atoms with E-state index >= 15 is 0 Å². The van der Waals surface area contributed by atoms with E-state index in [4.69, 9.17) is 10.5 Å². The molecule has 0 bridgehead atoms. The number of ether oxygens (including phenoxy) is 1. The lowest BCUT2D eigenvalue weighted by atomic mass is 10.1. The standard InChI is InChI=1S/C16H25N3O2/c1-3-13-11-21-10-9-19(13)8-7-16(20)18-15-6-4-5-14(17)12(15)2/h4-6,13H,3,7-11,17H2,1-2H3,(H,18,20). The number of rotatable bonds is 5. The van der Waals surface area contributed by atoms with Crippen molar-refractivity contribution in [2.75, 3.05) is 37.4 Å². The van der Waals surface area contributed by atoms with Gasteiger partial charge in [-0.3, -0.25) is 9.69 Å². The Balaban J connectivity index is 1.85. The number of nitrogens with two attached hydrogens (primary N) is 1. The van der Waals surface area contributed by atoms with Crippen LogP contribution in [0.25, 0.3) is 0 Å². The minimum atomic E-state index is 0.0324. The largest absolute Gasteiger partial charge is 0.398 e. The Kier molecular flexibility index (Phi) is 5.59. The zero-order valence-electron chi connectivity index (χ0n) is 12.9. The van der Waals surface area contributed by atoms with Crippen LogP contribution in [0.1, 0.15) is 25.3 Å². The molecular weight excluding hydrogens is 266 g/mol. The first-order valence-electron chi connectivity index (χ1n) is 7.58. The Bertz CT molecular complexity index is 490. The fourth-order valence-corrected chi connectivity index (χ4v) is 2.61. The predicted octanol–water partition coefficient (Wildman–Crippen LogP) is 2.02. The molecule has 116 valence electrons. The van der Waals surface area contributed by atoms with Crippen molar-refractivity contribution in [1.82, 2.24) is 4.90 Å². The Morgan fingerprint density at radius 1 is 1.52 bits per heavy atom. The molecule has 0 aliphatic carbocycles. The highest BCUT2D eigenvalue weighted by atomic mass is 16.5. The van der Waals surface area contributed by atoms with Crippen LogP contribution < -0.4 is 11.1 Å². The molecule has 1 aliphatic rings. The number of morpholine rings is 1. The summed E-state index contributed by atoms with van der Waals surface area (Å²) in [7, 11) is 0. The summed E-state index contributed by atoms with van der Waals surface area (Å²) < 4.78 is 5.48. The second-order valence-electron chi connectivity index (χ2n) is 5.49. The van der Waals surface area contributed by atoms with E-state index in [9.17, 15) is 4.79 Å². The molecule has 5 nitrogen and oxygen atoms in total. The van der Waals surface area contributed by atoms with Gasteiger partial charge in [0.05, 0.1) is 13.2 Å². The van der Waals surface area contributed by atoms with Gasteiger partial charge in [-0.25, -0.2) is 0 Å². The van der Waals surface area contributed by atoms with E-state index in [1.54, 1.807) is 0 Å². The van der Waals surface area contributed by atoms with Crippen molar-refractivity contribution >= 4 is 17.3 Å². The number of benzene rings is 1. The number of nitrogen functional groups attached to an aromatic ring is 1. The quantitative estimate of drug-likeness (QED) is 0.814. The molecule has 1 aromatic rings. The Hall–Kier alpha value is -1.59. The molecule has 1 unspecified atom stereocenters. The smallest absolute Gasteiger partial charge is 0.225 e. The molecule has 5 heteroatoms. The molecule has 1 atom stereocenters. The number of anilines is 2. The van der Waals surface area contributed by atoms with Gasteiger partial charge in [0.1, 0.15) is 0 Å². The van der Waals surface area contributed by atoms with Crippen molar-refractivity contribution in [1.29, 1.82) is 0 Å². The summed E-state index contributed by atoms with van der Waals surface area (Å²) in [6, 6.07) is 6.01. The highest BCUT2D eigenvalue weighted by Gasteiger charge is 2.21. The predicted molar refractivity (Wildman–Crippen MR) is 85.3 cm³/mol. The SMILES string of the molecule is CCC1COCCN1CCC(=O)Nc1cccc(N)c1C. The van der Waals surface area contributed by atoms with Crippen molar-refractivity contribution in [3.05, 3.63) is 23.8 Å². The summed E-state index contributed by atoms with van der Waals surface area (Å²) in [6.45, 7) is 7.28. The Morgan fingerprint density at radius 3 is 3.10 bits per heavy atom. The first-order valence-corrected chi connectivity index (χ1v) is 7.58. The third-order valence-electron chi connectivity index (χ3n) is 4.10. The highest BCUT2D eigenvalue weighted by molar-refractivity contribution is 5.92. The number of carbonyl (C=O) groups excluding carboxylic acids is 1. The number of nitrogens with one attached hydrogen (secondary N) is 1. The van der Waals surface area contributed by atoms with Gasteiger partial charge in [0.2, 0.25) is 5.91 Å². The molecule has 0 aromatic heterocycles. The van der Waals surface area contributed by atoms with Crippen molar-refractivity contribution in [2.45, 2.75) is 32.7 Å². The summed E-state index contributed by atoms with van der Waals surface area (Å²) >= 11 is 0. The van der Waals surface area contributed by atoms with E-state index in [-0.39, 0.29) is 5.91 Å². The van der Waals surface area contributed by atoms with Crippen molar-refractivity contribution < 1.29 is 9.53 Å². The number of hydrogen-bond acceptors (Lipinski definition) is 4. The maximum absolute atomic E-state index is 12.1. The van der Waals surface area contributed by atoms with Crippen LogP contribution in [0.2, 0.25) is 0 Å². The van der Waals surface area contributed by atoms with Gasteiger partial charge >= 0.3 is 0 Å². The van der Waals surface area contributed by atoms with E-state index in [1.165, 1.54) is 0 Å². The fraction of sp³-hybridized carbons (Fsp3) is 0.562. The van der Waals surface area contributed by atoms with E-state index in [1.807, 2.05) is 25.1 Å². The van der Waals surface area contributed by atoms with E-state index in [0.29, 0.717) is 18.2 Å². The molecule has 0 spiro atoms. The lowest BCUT2D eigenvalue weighted by Crippen LogP contribution is -2.46. The molecule has 1 aliphatic heterocycles. The van der Waals surface area contributed by atoms with Gasteiger partial charge in [-0.2, -0.15) is 0 Å². The minimum absolute atomic E-state index is 0.0324. The van der Waals surface area contributed by atoms with Gasteiger partial charge in [0.25, 0.3) is 0 Å². The van der Waals surface area contributed by atoms with E-state index in [2.05, 4.69) is 17.1 Å². The molecule has 1 amide bonds. The van der Waals surface area contributed by atoms with Crippen molar-refractivity contribution in [3.8, 4) is 0 Å². The number of nitrogens with zero attached hydrogens (tertiary/aromatic N) is 1.